The zero-order valence-corrected chi connectivity index (χ0v) is 12.6. The van der Waals surface area contributed by atoms with Crippen LogP contribution in [0.15, 0.2) is 0 Å². The number of carbonyl (C=O) groups excluding carboxylic acids is 1. The number of hydrogen-bond acceptors (Lipinski definition) is 5. The molecular formula is C15H25N5O. The van der Waals surface area contributed by atoms with Crippen molar-refractivity contribution in [2.24, 2.45) is 5.92 Å². The van der Waals surface area contributed by atoms with E-state index in [0.717, 1.165) is 32.4 Å². The molecule has 6 heteroatoms. The molecule has 0 amide bonds. The number of hydrogen-bond donors (Lipinski definition) is 1. The number of carbonyl (C=O) groups is 1. The summed E-state index contributed by atoms with van der Waals surface area (Å²) in [6.07, 6.45) is 10.2. The lowest BCUT2D eigenvalue weighted by atomic mass is 10.0. The van der Waals surface area contributed by atoms with E-state index in [1.165, 1.54) is 36.8 Å². The van der Waals surface area contributed by atoms with Crippen LogP contribution in [0.25, 0.3) is 0 Å². The van der Waals surface area contributed by atoms with E-state index in [2.05, 4.69) is 15.0 Å². The molecule has 0 aromatic carbocycles. The fourth-order valence-electron chi connectivity index (χ4n) is 3.46. The molecule has 2 heterocycles. The third-order valence-corrected chi connectivity index (χ3v) is 4.74. The van der Waals surface area contributed by atoms with E-state index >= 15 is 0 Å². The predicted octanol–water partition coefficient (Wildman–Crippen LogP) is 2.46. The molecule has 3 rings (SSSR count). The van der Waals surface area contributed by atoms with E-state index in [4.69, 9.17) is 5.73 Å². The molecule has 0 radical (unpaired) electrons. The first-order valence-electron chi connectivity index (χ1n) is 8.25. The van der Waals surface area contributed by atoms with E-state index < -0.39 is 0 Å². The van der Waals surface area contributed by atoms with Gasteiger partial charge in [0.15, 0.2) is 0 Å². The Hall–Kier alpha value is -1.59. The number of nitrogen functional groups attached to an aromatic ring is 1. The molecule has 6 nitrogen and oxygen atoms in total. The zero-order valence-electron chi connectivity index (χ0n) is 12.6. The highest BCUT2D eigenvalue weighted by Crippen LogP contribution is 2.28. The van der Waals surface area contributed by atoms with Gasteiger partial charge in [0.2, 0.25) is 17.8 Å². The second-order valence-corrected chi connectivity index (χ2v) is 6.31. The average Bonchev–Trinajstić information content (AvgIpc) is 3.15. The third kappa shape index (κ3) is 3.36. The summed E-state index contributed by atoms with van der Waals surface area (Å²) < 4.78 is 1.30. The average molecular weight is 291 g/mol. The van der Waals surface area contributed by atoms with E-state index in [-0.39, 0.29) is 11.9 Å². The molecule has 2 N–H and O–H groups in total. The number of nitrogens with zero attached hydrogens (tertiary/aromatic N) is 4. The van der Waals surface area contributed by atoms with Crippen LogP contribution in [0.2, 0.25) is 0 Å². The van der Waals surface area contributed by atoms with Gasteiger partial charge in [-0.15, -0.1) is 5.10 Å². The van der Waals surface area contributed by atoms with E-state index in [9.17, 15) is 4.79 Å². The summed E-state index contributed by atoms with van der Waals surface area (Å²) in [7, 11) is 0. The molecule has 2 aliphatic rings. The van der Waals surface area contributed by atoms with Crippen LogP contribution in [0.4, 0.5) is 11.9 Å². The summed E-state index contributed by atoms with van der Waals surface area (Å²) >= 11 is 0. The van der Waals surface area contributed by atoms with Crippen molar-refractivity contribution in [1.82, 2.24) is 14.8 Å². The fourth-order valence-corrected chi connectivity index (χ4v) is 3.46. The Bertz CT molecular complexity index is 486. The van der Waals surface area contributed by atoms with Crippen molar-refractivity contribution in [3.8, 4) is 0 Å². The summed E-state index contributed by atoms with van der Waals surface area (Å²) in [5.41, 5.74) is 5.87. The summed E-state index contributed by atoms with van der Waals surface area (Å²) in [6.45, 7) is 1.92. The third-order valence-electron chi connectivity index (χ3n) is 4.74. The van der Waals surface area contributed by atoms with Crippen LogP contribution < -0.4 is 10.6 Å². The molecular weight excluding hydrogens is 266 g/mol. The smallest absolute Gasteiger partial charge is 0.250 e. The van der Waals surface area contributed by atoms with Gasteiger partial charge in [-0.05, 0) is 31.6 Å². The molecule has 0 spiro atoms. The maximum absolute atomic E-state index is 12.3. The van der Waals surface area contributed by atoms with Crippen LogP contribution in [-0.2, 0) is 0 Å². The summed E-state index contributed by atoms with van der Waals surface area (Å²) in [4.78, 5) is 18.7. The summed E-state index contributed by atoms with van der Waals surface area (Å²) in [5, 5.41) is 4.34. The molecule has 1 saturated heterocycles. The summed E-state index contributed by atoms with van der Waals surface area (Å²) in [6, 6.07) is 0. The van der Waals surface area contributed by atoms with E-state index in [1.54, 1.807) is 0 Å². The minimum atomic E-state index is -0.0184. The van der Waals surface area contributed by atoms with Crippen LogP contribution in [0.3, 0.4) is 0 Å². The van der Waals surface area contributed by atoms with Gasteiger partial charge in [0.25, 0.3) is 0 Å². The lowest BCUT2D eigenvalue weighted by Gasteiger charge is -2.24. The fraction of sp³-hybridized carbons (Fsp3) is 0.800. The number of nitrogens with two attached hydrogens (primary N) is 1. The van der Waals surface area contributed by atoms with Gasteiger partial charge in [-0.3, -0.25) is 4.79 Å². The largest absolute Gasteiger partial charge is 0.368 e. The minimum absolute atomic E-state index is 0.0184. The van der Waals surface area contributed by atoms with Crippen molar-refractivity contribution in [2.75, 3.05) is 23.7 Å². The van der Waals surface area contributed by atoms with Gasteiger partial charge in [-0.2, -0.15) is 9.67 Å². The number of anilines is 2. The number of aromatic nitrogens is 3. The zero-order chi connectivity index (χ0) is 14.7. The molecule has 1 aliphatic carbocycles. The molecule has 0 bridgehead atoms. The van der Waals surface area contributed by atoms with Crippen LogP contribution in [0.5, 0.6) is 0 Å². The van der Waals surface area contributed by atoms with Crippen molar-refractivity contribution in [2.45, 2.75) is 57.8 Å². The molecule has 1 aromatic heterocycles. The molecule has 21 heavy (non-hydrogen) atoms. The highest BCUT2D eigenvalue weighted by Gasteiger charge is 2.21. The van der Waals surface area contributed by atoms with Crippen LogP contribution >= 0.6 is 0 Å². The molecule has 116 valence electrons. The monoisotopic (exact) mass is 291 g/mol. The molecule has 1 saturated carbocycles. The summed E-state index contributed by atoms with van der Waals surface area (Å²) in [5.74, 6) is 1.53. The van der Waals surface area contributed by atoms with Crippen molar-refractivity contribution < 1.29 is 4.79 Å². The standard InChI is InChI=1S/C15H25N5O/c16-14-17-15(19-10-4-1-5-11-19)18-20(14)13(21)9-8-12-6-2-3-7-12/h12H,1-11H2,(H2,16,17,18). The van der Waals surface area contributed by atoms with Crippen molar-refractivity contribution in [3.63, 3.8) is 0 Å². The Labute approximate surface area is 125 Å². The number of rotatable bonds is 4. The molecule has 1 aromatic rings. The Morgan fingerprint density at radius 3 is 2.57 bits per heavy atom. The van der Waals surface area contributed by atoms with Crippen LogP contribution in [0.1, 0.15) is 62.6 Å². The Morgan fingerprint density at radius 1 is 1.14 bits per heavy atom. The molecule has 0 unspecified atom stereocenters. The Morgan fingerprint density at radius 2 is 1.86 bits per heavy atom. The van der Waals surface area contributed by atoms with Crippen LogP contribution in [-0.4, -0.2) is 33.8 Å². The number of piperidine rings is 1. The Balaban J connectivity index is 1.61. The first-order valence-corrected chi connectivity index (χ1v) is 8.25. The minimum Gasteiger partial charge on any atom is -0.368 e. The van der Waals surface area contributed by atoms with Crippen LogP contribution in [0, 0.1) is 5.92 Å². The van der Waals surface area contributed by atoms with Gasteiger partial charge in [0.1, 0.15) is 0 Å². The SMILES string of the molecule is Nc1nc(N2CCCCC2)nn1C(=O)CCC1CCCC1. The van der Waals surface area contributed by atoms with Gasteiger partial charge >= 0.3 is 0 Å². The lowest BCUT2D eigenvalue weighted by molar-refractivity contribution is 0.0880. The normalized spacial score (nSPS) is 20.1. The maximum Gasteiger partial charge on any atom is 0.250 e. The second-order valence-electron chi connectivity index (χ2n) is 6.31. The van der Waals surface area contributed by atoms with Gasteiger partial charge in [0.05, 0.1) is 0 Å². The van der Waals surface area contributed by atoms with Crippen molar-refractivity contribution in [3.05, 3.63) is 0 Å². The first-order chi connectivity index (χ1) is 10.2. The first kappa shape index (κ1) is 14.4. The highest BCUT2D eigenvalue weighted by molar-refractivity contribution is 5.80. The van der Waals surface area contributed by atoms with E-state index in [0.29, 0.717) is 18.3 Å². The molecule has 0 atom stereocenters. The Kier molecular flexibility index (Phi) is 4.41. The molecule has 2 fully saturated rings. The van der Waals surface area contributed by atoms with Gasteiger partial charge in [-0.1, -0.05) is 25.7 Å². The molecule has 1 aliphatic heterocycles. The maximum atomic E-state index is 12.3. The second kappa shape index (κ2) is 6.45. The highest BCUT2D eigenvalue weighted by atomic mass is 16.2. The van der Waals surface area contributed by atoms with Crippen molar-refractivity contribution >= 4 is 17.8 Å². The lowest BCUT2D eigenvalue weighted by Crippen LogP contribution is -2.30. The van der Waals surface area contributed by atoms with Crippen molar-refractivity contribution in [1.29, 1.82) is 0 Å². The van der Waals surface area contributed by atoms with Gasteiger partial charge in [0, 0.05) is 19.5 Å². The quantitative estimate of drug-likeness (QED) is 0.922. The van der Waals surface area contributed by atoms with Gasteiger partial charge < -0.3 is 10.6 Å². The topological polar surface area (TPSA) is 77.0 Å². The van der Waals surface area contributed by atoms with Gasteiger partial charge in [-0.25, -0.2) is 0 Å². The predicted molar refractivity (Wildman–Crippen MR) is 82.3 cm³/mol. The van der Waals surface area contributed by atoms with E-state index in [1.807, 2.05) is 0 Å².